The summed E-state index contributed by atoms with van der Waals surface area (Å²) in [6, 6.07) is 7.97. The van der Waals surface area contributed by atoms with Crippen molar-refractivity contribution in [2.24, 2.45) is 5.92 Å². The first-order valence-corrected chi connectivity index (χ1v) is 12.1. The maximum atomic E-state index is 12.8. The van der Waals surface area contributed by atoms with Gasteiger partial charge in [-0.1, -0.05) is 30.8 Å². The number of fused-ring (bicyclic) bond motifs is 3. The number of hydrogen-bond acceptors (Lipinski definition) is 5. The highest BCUT2D eigenvalue weighted by Crippen LogP contribution is 2.27. The first-order valence-electron chi connectivity index (χ1n) is 11.1. The Labute approximate surface area is 185 Å². The highest BCUT2D eigenvalue weighted by molar-refractivity contribution is 7.99. The molecule has 0 radical (unpaired) electrons. The fourth-order valence-electron chi connectivity index (χ4n) is 4.72. The molecule has 1 atom stereocenters. The smallest absolute Gasteiger partial charge is 0.242 e. The molecule has 0 N–H and O–H groups in total. The van der Waals surface area contributed by atoms with E-state index in [1.807, 2.05) is 43.0 Å². The number of rotatable bonds is 5. The van der Waals surface area contributed by atoms with Crippen LogP contribution in [0.3, 0.4) is 0 Å². The molecule has 9 heteroatoms. The minimum atomic E-state index is 0.118. The van der Waals surface area contributed by atoms with Crippen molar-refractivity contribution < 1.29 is 9.59 Å². The molecule has 164 valence electrons. The van der Waals surface area contributed by atoms with Crippen molar-refractivity contribution in [2.75, 3.05) is 31.9 Å². The highest BCUT2D eigenvalue weighted by atomic mass is 32.2. The molecular formula is C22H28N6O2S. The number of carbonyl (C=O) groups is 2. The normalized spacial score (nSPS) is 19.6. The van der Waals surface area contributed by atoms with Gasteiger partial charge in [0.1, 0.15) is 6.54 Å². The number of imidazole rings is 1. The van der Waals surface area contributed by atoms with Crippen LogP contribution in [0, 0.1) is 5.92 Å². The predicted octanol–water partition coefficient (Wildman–Crippen LogP) is 2.66. The van der Waals surface area contributed by atoms with E-state index >= 15 is 0 Å². The van der Waals surface area contributed by atoms with Crippen LogP contribution < -0.4 is 0 Å². The third-order valence-electron chi connectivity index (χ3n) is 6.36. The van der Waals surface area contributed by atoms with Gasteiger partial charge < -0.3 is 9.80 Å². The zero-order chi connectivity index (χ0) is 21.4. The Bertz CT molecular complexity index is 1120. The third kappa shape index (κ3) is 3.91. The number of benzene rings is 1. The van der Waals surface area contributed by atoms with Gasteiger partial charge in [0.2, 0.25) is 17.6 Å². The molecule has 0 spiro atoms. The van der Waals surface area contributed by atoms with E-state index in [1.54, 1.807) is 0 Å². The lowest BCUT2D eigenvalue weighted by Crippen LogP contribution is -2.40. The Morgan fingerprint density at radius 2 is 1.74 bits per heavy atom. The zero-order valence-corrected chi connectivity index (χ0v) is 18.7. The van der Waals surface area contributed by atoms with Gasteiger partial charge in [0.05, 0.1) is 16.8 Å². The molecule has 2 aliphatic rings. The van der Waals surface area contributed by atoms with Gasteiger partial charge in [-0.05, 0) is 43.7 Å². The predicted molar refractivity (Wildman–Crippen MR) is 120 cm³/mol. The molecule has 8 nitrogen and oxygen atoms in total. The lowest BCUT2D eigenvalue weighted by atomic mass is 10.0. The lowest BCUT2D eigenvalue weighted by Gasteiger charge is -2.30. The van der Waals surface area contributed by atoms with E-state index in [1.165, 1.54) is 18.2 Å². The summed E-state index contributed by atoms with van der Waals surface area (Å²) in [7, 11) is 0. The van der Waals surface area contributed by atoms with E-state index in [-0.39, 0.29) is 18.4 Å². The molecule has 2 aromatic heterocycles. The Morgan fingerprint density at radius 1 is 1.00 bits per heavy atom. The molecule has 5 rings (SSSR count). The van der Waals surface area contributed by atoms with Crippen LogP contribution in [0.5, 0.6) is 0 Å². The quantitative estimate of drug-likeness (QED) is 0.570. The fourth-order valence-corrected chi connectivity index (χ4v) is 5.56. The summed E-state index contributed by atoms with van der Waals surface area (Å²) in [5.74, 6) is 1.83. The van der Waals surface area contributed by atoms with E-state index in [4.69, 9.17) is 0 Å². The molecule has 0 bridgehead atoms. The number of carbonyl (C=O) groups excluding carboxylic acids is 2. The Morgan fingerprint density at radius 3 is 2.52 bits per heavy atom. The molecular weight excluding hydrogens is 412 g/mol. The highest BCUT2D eigenvalue weighted by Gasteiger charge is 2.24. The van der Waals surface area contributed by atoms with Crippen LogP contribution >= 0.6 is 11.8 Å². The van der Waals surface area contributed by atoms with E-state index < -0.39 is 0 Å². The third-order valence-corrected chi connectivity index (χ3v) is 7.27. The molecule has 3 aromatic rings. The summed E-state index contributed by atoms with van der Waals surface area (Å²) >= 11 is 1.42. The van der Waals surface area contributed by atoms with Gasteiger partial charge in [-0.15, -0.1) is 10.2 Å². The minimum Gasteiger partial charge on any atom is -0.342 e. The molecule has 4 heterocycles. The molecule has 2 aliphatic heterocycles. The summed E-state index contributed by atoms with van der Waals surface area (Å²) in [6.07, 6.45) is 4.41. The van der Waals surface area contributed by atoms with Crippen molar-refractivity contribution in [1.29, 1.82) is 0 Å². The van der Waals surface area contributed by atoms with Gasteiger partial charge in [0.15, 0.2) is 5.16 Å². The summed E-state index contributed by atoms with van der Waals surface area (Å²) in [4.78, 5) is 29.4. The summed E-state index contributed by atoms with van der Waals surface area (Å²) < 4.78 is 3.92. The summed E-state index contributed by atoms with van der Waals surface area (Å²) in [6.45, 7) is 5.81. The number of aromatic nitrogens is 4. The number of piperidine rings is 1. The summed E-state index contributed by atoms with van der Waals surface area (Å²) in [5.41, 5.74) is 1.91. The van der Waals surface area contributed by atoms with Crippen LogP contribution in [-0.2, 0) is 16.1 Å². The second kappa shape index (κ2) is 8.53. The van der Waals surface area contributed by atoms with Crippen molar-refractivity contribution in [1.82, 2.24) is 29.0 Å². The first-order chi connectivity index (χ1) is 15.1. The van der Waals surface area contributed by atoms with E-state index in [2.05, 4.69) is 17.1 Å². The Balaban J connectivity index is 1.40. The van der Waals surface area contributed by atoms with Gasteiger partial charge in [-0.2, -0.15) is 0 Å². The molecule has 0 aliphatic carbocycles. The maximum absolute atomic E-state index is 12.8. The number of thioether (sulfide) groups is 1. The number of hydrogen-bond donors (Lipinski definition) is 0. The van der Waals surface area contributed by atoms with Gasteiger partial charge in [-0.25, -0.2) is 0 Å². The summed E-state index contributed by atoms with van der Waals surface area (Å²) in [5, 5.41) is 9.45. The van der Waals surface area contributed by atoms with Gasteiger partial charge in [0.25, 0.3) is 0 Å². The van der Waals surface area contributed by atoms with Crippen molar-refractivity contribution in [3.05, 3.63) is 24.3 Å². The van der Waals surface area contributed by atoms with E-state index in [0.717, 1.165) is 56.5 Å². The van der Waals surface area contributed by atoms with Crippen molar-refractivity contribution in [3.63, 3.8) is 0 Å². The average molecular weight is 441 g/mol. The Kier molecular flexibility index (Phi) is 5.60. The van der Waals surface area contributed by atoms with E-state index in [0.29, 0.717) is 22.6 Å². The first kappa shape index (κ1) is 20.4. The van der Waals surface area contributed by atoms with Gasteiger partial charge in [-0.3, -0.25) is 18.6 Å². The van der Waals surface area contributed by atoms with E-state index in [9.17, 15) is 9.59 Å². The topological polar surface area (TPSA) is 75.7 Å². The van der Waals surface area contributed by atoms with Crippen LogP contribution in [0.15, 0.2) is 29.4 Å². The zero-order valence-electron chi connectivity index (χ0n) is 17.9. The van der Waals surface area contributed by atoms with Crippen LogP contribution in [0.25, 0.3) is 16.8 Å². The second-order valence-electron chi connectivity index (χ2n) is 8.66. The van der Waals surface area contributed by atoms with Crippen LogP contribution in [0.4, 0.5) is 0 Å². The molecule has 2 fully saturated rings. The fraction of sp³-hybridized carbons (Fsp3) is 0.545. The largest absolute Gasteiger partial charge is 0.342 e. The van der Waals surface area contributed by atoms with Crippen LogP contribution in [0.2, 0.25) is 0 Å². The Hall–Kier alpha value is -2.55. The van der Waals surface area contributed by atoms with Crippen LogP contribution in [-0.4, -0.2) is 72.7 Å². The van der Waals surface area contributed by atoms with Gasteiger partial charge in [0, 0.05) is 26.2 Å². The van der Waals surface area contributed by atoms with Crippen molar-refractivity contribution in [2.45, 2.75) is 44.3 Å². The van der Waals surface area contributed by atoms with Crippen molar-refractivity contribution in [3.8, 4) is 0 Å². The molecule has 0 saturated carbocycles. The molecule has 0 unspecified atom stereocenters. The average Bonchev–Trinajstić information content (AvgIpc) is 3.51. The maximum Gasteiger partial charge on any atom is 0.242 e. The monoisotopic (exact) mass is 440 g/mol. The number of likely N-dealkylation sites (tertiary alicyclic amines) is 2. The number of amides is 2. The van der Waals surface area contributed by atoms with Crippen LogP contribution in [0.1, 0.15) is 32.6 Å². The SMILES string of the molecule is C[C@H]1CCCN(C(=O)CSc2nnc3n(CC(=O)N4CCCC4)c4ccccc4n23)C1. The number of nitrogens with zero attached hydrogens (tertiary/aromatic N) is 6. The molecule has 1 aromatic carbocycles. The van der Waals surface area contributed by atoms with Gasteiger partial charge >= 0.3 is 0 Å². The molecule has 31 heavy (non-hydrogen) atoms. The van der Waals surface area contributed by atoms with Crippen molar-refractivity contribution >= 4 is 40.4 Å². The minimum absolute atomic E-state index is 0.118. The molecule has 2 amide bonds. The molecule has 2 saturated heterocycles. The lowest BCUT2D eigenvalue weighted by molar-refractivity contribution is -0.131. The standard InChI is InChI=1S/C22H28N6O2S/c1-16-7-6-12-26(13-16)20(30)15-31-22-24-23-21-27(14-19(29)25-10-4-5-11-25)17-8-2-3-9-18(17)28(21)22/h2-3,8-9,16H,4-7,10-15H2,1H3/t16-/m0/s1. The number of para-hydroxylation sites is 2. The second-order valence-corrected chi connectivity index (χ2v) is 9.60.